The van der Waals surface area contributed by atoms with Crippen LogP contribution in [0.2, 0.25) is 0 Å². The van der Waals surface area contributed by atoms with Crippen LogP contribution in [-0.4, -0.2) is 35.9 Å². The van der Waals surface area contributed by atoms with E-state index in [2.05, 4.69) is 16.2 Å². The van der Waals surface area contributed by atoms with Crippen molar-refractivity contribution in [3.63, 3.8) is 0 Å². The first-order valence-corrected chi connectivity index (χ1v) is 8.16. The number of amides is 2. The van der Waals surface area contributed by atoms with Crippen LogP contribution in [0.3, 0.4) is 0 Å². The Bertz CT molecular complexity index is 900. The Kier molecular flexibility index (Phi) is 6.63. The number of nitro benzene ring substituents is 1. The SMILES string of the molecule is CNc1ccc(C(=O)O[C@@H](C)C(=O)NNC(=O)c2ccccc2)cc1[N+](=O)[O-]. The molecule has 10 heteroatoms. The fourth-order valence-electron chi connectivity index (χ4n) is 2.18. The van der Waals surface area contributed by atoms with E-state index in [9.17, 15) is 24.5 Å². The van der Waals surface area contributed by atoms with Crippen LogP contribution in [0.1, 0.15) is 27.6 Å². The third-order valence-corrected chi connectivity index (χ3v) is 3.69. The third kappa shape index (κ3) is 5.04. The van der Waals surface area contributed by atoms with Gasteiger partial charge in [-0.05, 0) is 31.2 Å². The van der Waals surface area contributed by atoms with E-state index >= 15 is 0 Å². The summed E-state index contributed by atoms with van der Waals surface area (Å²) in [5.41, 5.74) is 4.54. The lowest BCUT2D eigenvalue weighted by atomic mass is 10.1. The number of hydrogen-bond donors (Lipinski definition) is 3. The molecule has 2 amide bonds. The number of anilines is 1. The van der Waals surface area contributed by atoms with Crippen molar-refractivity contribution in [1.82, 2.24) is 10.9 Å². The van der Waals surface area contributed by atoms with Gasteiger partial charge < -0.3 is 10.1 Å². The first-order chi connectivity index (χ1) is 13.3. The molecule has 1 atom stereocenters. The van der Waals surface area contributed by atoms with E-state index < -0.39 is 28.8 Å². The highest BCUT2D eigenvalue weighted by atomic mass is 16.6. The van der Waals surface area contributed by atoms with Crippen molar-refractivity contribution >= 4 is 29.2 Å². The van der Waals surface area contributed by atoms with E-state index in [1.807, 2.05) is 0 Å². The molecule has 0 heterocycles. The first-order valence-electron chi connectivity index (χ1n) is 8.16. The average molecular weight is 386 g/mol. The lowest BCUT2D eigenvalue weighted by Crippen LogP contribution is -2.46. The van der Waals surface area contributed by atoms with Crippen LogP contribution in [0.25, 0.3) is 0 Å². The van der Waals surface area contributed by atoms with Gasteiger partial charge in [0.05, 0.1) is 10.5 Å². The molecular weight excluding hydrogens is 368 g/mol. The molecule has 0 saturated carbocycles. The van der Waals surface area contributed by atoms with Crippen molar-refractivity contribution in [3.05, 3.63) is 69.8 Å². The summed E-state index contributed by atoms with van der Waals surface area (Å²) in [6, 6.07) is 11.9. The molecule has 0 aliphatic heterocycles. The second-order valence-corrected chi connectivity index (χ2v) is 5.60. The fourth-order valence-corrected chi connectivity index (χ4v) is 2.18. The molecule has 10 nitrogen and oxygen atoms in total. The summed E-state index contributed by atoms with van der Waals surface area (Å²) in [5.74, 6) is -2.22. The van der Waals surface area contributed by atoms with E-state index in [1.54, 1.807) is 30.3 Å². The van der Waals surface area contributed by atoms with Gasteiger partial charge in [-0.2, -0.15) is 0 Å². The summed E-state index contributed by atoms with van der Waals surface area (Å²) in [6.45, 7) is 1.30. The highest BCUT2D eigenvalue weighted by Crippen LogP contribution is 2.25. The van der Waals surface area contributed by atoms with Crippen molar-refractivity contribution < 1.29 is 24.0 Å². The number of carbonyl (C=O) groups excluding carboxylic acids is 3. The lowest BCUT2D eigenvalue weighted by molar-refractivity contribution is -0.384. The number of nitrogens with zero attached hydrogens (tertiary/aromatic N) is 1. The molecule has 0 aliphatic carbocycles. The summed E-state index contributed by atoms with van der Waals surface area (Å²) in [4.78, 5) is 46.5. The van der Waals surface area contributed by atoms with Gasteiger partial charge in [0.2, 0.25) is 0 Å². The van der Waals surface area contributed by atoms with Gasteiger partial charge in [-0.25, -0.2) is 4.79 Å². The van der Waals surface area contributed by atoms with Gasteiger partial charge >= 0.3 is 5.97 Å². The highest BCUT2D eigenvalue weighted by Gasteiger charge is 2.22. The number of rotatable bonds is 6. The Balaban J connectivity index is 1.96. The van der Waals surface area contributed by atoms with Crippen LogP contribution < -0.4 is 16.2 Å². The Morgan fingerprint density at radius 1 is 1.04 bits per heavy atom. The van der Waals surface area contributed by atoms with Crippen LogP contribution in [0.4, 0.5) is 11.4 Å². The number of benzene rings is 2. The Hall–Kier alpha value is -3.95. The third-order valence-electron chi connectivity index (χ3n) is 3.69. The number of nitro groups is 1. The number of hydrogen-bond acceptors (Lipinski definition) is 7. The molecule has 0 spiro atoms. The maximum Gasteiger partial charge on any atom is 0.339 e. The summed E-state index contributed by atoms with van der Waals surface area (Å²) in [6.07, 6.45) is -1.24. The molecule has 0 radical (unpaired) electrons. The van der Waals surface area contributed by atoms with Crippen molar-refractivity contribution in [3.8, 4) is 0 Å². The van der Waals surface area contributed by atoms with Crippen LogP contribution >= 0.6 is 0 Å². The minimum atomic E-state index is -1.24. The number of ether oxygens (including phenoxy) is 1. The maximum atomic E-state index is 12.2. The Morgan fingerprint density at radius 2 is 1.71 bits per heavy atom. The van der Waals surface area contributed by atoms with Gasteiger partial charge in [-0.3, -0.25) is 30.6 Å². The zero-order valence-electron chi connectivity index (χ0n) is 15.1. The Labute approximate surface area is 160 Å². The summed E-state index contributed by atoms with van der Waals surface area (Å²) in [5, 5.41) is 13.7. The quantitative estimate of drug-likeness (QED) is 0.389. The van der Waals surface area contributed by atoms with Crippen LogP contribution in [0.5, 0.6) is 0 Å². The lowest BCUT2D eigenvalue weighted by Gasteiger charge is -2.14. The maximum absolute atomic E-state index is 12.2. The Morgan fingerprint density at radius 3 is 2.32 bits per heavy atom. The van der Waals surface area contributed by atoms with Gasteiger partial charge in [0.1, 0.15) is 5.69 Å². The molecule has 28 heavy (non-hydrogen) atoms. The monoisotopic (exact) mass is 386 g/mol. The topological polar surface area (TPSA) is 140 Å². The predicted molar refractivity (Wildman–Crippen MR) is 99.6 cm³/mol. The van der Waals surface area contributed by atoms with Gasteiger partial charge in [0.15, 0.2) is 6.10 Å². The summed E-state index contributed by atoms with van der Waals surface area (Å²) in [7, 11) is 1.51. The van der Waals surface area contributed by atoms with Gasteiger partial charge in [-0.1, -0.05) is 18.2 Å². The first kappa shape index (κ1) is 20.4. The van der Waals surface area contributed by atoms with E-state index in [4.69, 9.17) is 4.74 Å². The number of esters is 1. The highest BCUT2D eigenvalue weighted by molar-refractivity contribution is 5.96. The average Bonchev–Trinajstić information content (AvgIpc) is 2.71. The zero-order chi connectivity index (χ0) is 20.7. The molecule has 0 aliphatic rings. The smallest absolute Gasteiger partial charge is 0.339 e. The van der Waals surface area contributed by atoms with Gasteiger partial charge in [0, 0.05) is 18.7 Å². The molecule has 2 aromatic carbocycles. The number of carbonyl (C=O) groups is 3. The van der Waals surface area contributed by atoms with Crippen LogP contribution in [0, 0.1) is 10.1 Å². The molecule has 146 valence electrons. The van der Waals surface area contributed by atoms with E-state index in [0.717, 1.165) is 6.07 Å². The number of nitrogens with one attached hydrogen (secondary N) is 3. The van der Waals surface area contributed by atoms with Crippen molar-refractivity contribution in [2.45, 2.75) is 13.0 Å². The number of hydrazine groups is 1. The normalized spacial score (nSPS) is 11.1. The second kappa shape index (κ2) is 9.12. The minimum absolute atomic E-state index is 0.0846. The van der Waals surface area contributed by atoms with Gasteiger partial charge in [-0.15, -0.1) is 0 Å². The zero-order valence-corrected chi connectivity index (χ0v) is 15.1. The summed E-state index contributed by atoms with van der Waals surface area (Å²) < 4.78 is 5.00. The van der Waals surface area contributed by atoms with Crippen LogP contribution in [-0.2, 0) is 9.53 Å². The largest absolute Gasteiger partial charge is 0.449 e. The minimum Gasteiger partial charge on any atom is -0.449 e. The molecule has 0 unspecified atom stereocenters. The van der Waals surface area contributed by atoms with Crippen molar-refractivity contribution in [2.24, 2.45) is 0 Å². The van der Waals surface area contributed by atoms with E-state index in [1.165, 1.54) is 26.1 Å². The molecule has 0 aromatic heterocycles. The molecule has 2 rings (SSSR count). The molecule has 3 N–H and O–H groups in total. The van der Waals surface area contributed by atoms with Crippen molar-refractivity contribution in [1.29, 1.82) is 0 Å². The van der Waals surface area contributed by atoms with Crippen molar-refractivity contribution in [2.75, 3.05) is 12.4 Å². The molecule has 0 saturated heterocycles. The predicted octanol–water partition coefficient (Wildman–Crippen LogP) is 1.64. The second-order valence-electron chi connectivity index (χ2n) is 5.60. The summed E-state index contributed by atoms with van der Waals surface area (Å²) >= 11 is 0. The van der Waals surface area contributed by atoms with E-state index in [0.29, 0.717) is 5.56 Å². The van der Waals surface area contributed by atoms with Crippen LogP contribution in [0.15, 0.2) is 48.5 Å². The fraction of sp³-hybridized carbons (Fsp3) is 0.167. The standard InChI is InChI=1S/C18H18N4O6/c1-11(16(23)20-21-17(24)12-6-4-3-5-7-12)28-18(25)13-8-9-14(19-2)15(10-13)22(26)27/h3-11,19H,1-2H3,(H,20,23)(H,21,24)/t11-/m0/s1. The molecule has 0 bridgehead atoms. The molecule has 2 aromatic rings. The van der Waals surface area contributed by atoms with E-state index in [-0.39, 0.29) is 16.9 Å². The molecule has 0 fully saturated rings. The molecular formula is C18H18N4O6. The van der Waals surface area contributed by atoms with Gasteiger partial charge in [0.25, 0.3) is 17.5 Å².